The number of amides is 1. The van der Waals surface area contributed by atoms with Crippen LogP contribution in [0.15, 0.2) is 12.4 Å². The molecule has 0 radical (unpaired) electrons. The number of aromatic nitrogens is 2. The summed E-state index contributed by atoms with van der Waals surface area (Å²) in [6.07, 6.45) is 3.52. The molecule has 1 aromatic heterocycles. The number of rotatable bonds is 5. The van der Waals surface area contributed by atoms with Crippen LogP contribution in [0, 0.1) is 0 Å². The quantitative estimate of drug-likeness (QED) is 0.559. The van der Waals surface area contributed by atoms with Crippen molar-refractivity contribution in [2.45, 2.75) is 63.9 Å². The number of aliphatic hydroxyl groups is 2. The Hall–Kier alpha value is -1.75. The van der Waals surface area contributed by atoms with Gasteiger partial charge in [-0.25, -0.2) is 9.97 Å². The average molecular weight is 392 g/mol. The molecule has 2 saturated heterocycles. The summed E-state index contributed by atoms with van der Waals surface area (Å²) in [6, 6.07) is -0.0334. The average Bonchev–Trinajstić information content (AvgIpc) is 2.89. The van der Waals surface area contributed by atoms with Crippen LogP contribution >= 0.6 is 0 Å². The first-order valence-corrected chi connectivity index (χ1v) is 9.65. The molecule has 28 heavy (non-hydrogen) atoms. The lowest BCUT2D eigenvalue weighted by Gasteiger charge is -2.32. The van der Waals surface area contributed by atoms with Gasteiger partial charge in [-0.2, -0.15) is 0 Å². The molecule has 0 saturated carbocycles. The smallest absolute Gasteiger partial charge is 0.399 e. The lowest BCUT2D eigenvalue weighted by Crippen LogP contribution is -2.48. The molecule has 3 heterocycles. The largest absolute Gasteiger partial charge is 0.498 e. The molecule has 1 aromatic rings. The first kappa shape index (κ1) is 21.0. The maximum absolute atomic E-state index is 11.7. The molecule has 0 spiro atoms. The second-order valence-corrected chi connectivity index (χ2v) is 8.37. The molecule has 0 unspecified atom stereocenters. The van der Waals surface area contributed by atoms with E-state index < -0.39 is 36.9 Å². The summed E-state index contributed by atoms with van der Waals surface area (Å²) in [6.45, 7) is 8.82. The highest BCUT2D eigenvalue weighted by Gasteiger charge is 2.52. The van der Waals surface area contributed by atoms with E-state index in [1.165, 1.54) is 0 Å². The number of hydrogen-bond donors (Lipinski definition) is 3. The standard InChI is InChI=1S/C18H29BN4O5/c1-17(2)18(3,4)28-19(27-17)12-9-20-16(21-10-12)23-7-5-13(6-8-23)22-15(26)14(25)11-24/h9-10,13-14,24-25H,5-8,11H2,1-4H3,(H,22,26)/t14-/m0/s1. The maximum atomic E-state index is 11.7. The van der Waals surface area contributed by atoms with Gasteiger partial charge in [0.05, 0.1) is 17.8 Å². The molecule has 1 amide bonds. The van der Waals surface area contributed by atoms with Gasteiger partial charge in [-0.15, -0.1) is 0 Å². The number of piperidine rings is 1. The van der Waals surface area contributed by atoms with Crippen molar-refractivity contribution in [1.29, 1.82) is 0 Å². The first-order valence-electron chi connectivity index (χ1n) is 9.65. The summed E-state index contributed by atoms with van der Waals surface area (Å²) in [7, 11) is -0.488. The zero-order valence-corrected chi connectivity index (χ0v) is 16.9. The van der Waals surface area contributed by atoms with Crippen molar-refractivity contribution >= 4 is 24.4 Å². The van der Waals surface area contributed by atoms with Gasteiger partial charge in [-0.05, 0) is 40.5 Å². The van der Waals surface area contributed by atoms with E-state index in [9.17, 15) is 9.90 Å². The van der Waals surface area contributed by atoms with Gasteiger partial charge in [0.1, 0.15) is 0 Å². The SMILES string of the molecule is CC1(C)OB(c2cnc(N3CCC(NC(=O)[C@@H](O)CO)CC3)nc2)OC1(C)C. The molecule has 2 fully saturated rings. The second kappa shape index (κ2) is 7.94. The Morgan fingerprint density at radius 1 is 1.25 bits per heavy atom. The van der Waals surface area contributed by atoms with Gasteiger partial charge >= 0.3 is 7.12 Å². The second-order valence-electron chi connectivity index (χ2n) is 8.37. The fourth-order valence-corrected chi connectivity index (χ4v) is 3.20. The number of hydrogen-bond acceptors (Lipinski definition) is 8. The molecular formula is C18H29BN4O5. The molecule has 154 valence electrons. The lowest BCUT2D eigenvalue weighted by atomic mass is 9.81. The molecule has 10 heteroatoms. The molecule has 0 aromatic carbocycles. The van der Waals surface area contributed by atoms with E-state index in [4.69, 9.17) is 14.4 Å². The van der Waals surface area contributed by atoms with Crippen LogP contribution in [0.2, 0.25) is 0 Å². The van der Waals surface area contributed by atoms with Crippen molar-refractivity contribution in [2.75, 3.05) is 24.6 Å². The highest BCUT2D eigenvalue weighted by molar-refractivity contribution is 6.61. The zero-order valence-electron chi connectivity index (χ0n) is 16.9. The Morgan fingerprint density at radius 3 is 2.29 bits per heavy atom. The first-order chi connectivity index (χ1) is 13.1. The van der Waals surface area contributed by atoms with Gasteiger partial charge in [0.2, 0.25) is 5.95 Å². The van der Waals surface area contributed by atoms with Crippen molar-refractivity contribution in [2.24, 2.45) is 0 Å². The van der Waals surface area contributed by atoms with E-state index in [1.807, 2.05) is 27.7 Å². The Morgan fingerprint density at radius 2 is 1.79 bits per heavy atom. The molecule has 1 atom stereocenters. The summed E-state index contributed by atoms with van der Waals surface area (Å²) in [4.78, 5) is 22.6. The normalized spacial score (nSPS) is 22.9. The Kier molecular flexibility index (Phi) is 5.95. The molecule has 3 rings (SSSR count). The van der Waals surface area contributed by atoms with Crippen LogP contribution in [-0.2, 0) is 14.1 Å². The van der Waals surface area contributed by atoms with E-state index in [0.29, 0.717) is 31.9 Å². The number of nitrogens with zero attached hydrogens (tertiary/aromatic N) is 3. The van der Waals surface area contributed by atoms with Crippen molar-refractivity contribution in [3.05, 3.63) is 12.4 Å². The minimum Gasteiger partial charge on any atom is -0.399 e. The monoisotopic (exact) mass is 392 g/mol. The molecule has 9 nitrogen and oxygen atoms in total. The van der Waals surface area contributed by atoms with Crippen molar-refractivity contribution in [3.8, 4) is 0 Å². The van der Waals surface area contributed by atoms with Gasteiger partial charge in [-0.1, -0.05) is 0 Å². The van der Waals surface area contributed by atoms with E-state index in [-0.39, 0.29) is 6.04 Å². The van der Waals surface area contributed by atoms with Gasteiger partial charge in [-0.3, -0.25) is 4.79 Å². The van der Waals surface area contributed by atoms with Crippen LogP contribution in [0.1, 0.15) is 40.5 Å². The number of carbonyl (C=O) groups is 1. The number of anilines is 1. The summed E-state index contributed by atoms with van der Waals surface area (Å²) >= 11 is 0. The molecule has 2 aliphatic rings. The number of carbonyl (C=O) groups excluding carboxylic acids is 1. The maximum Gasteiger partial charge on any atom is 0.498 e. The molecule has 2 aliphatic heterocycles. The fourth-order valence-electron chi connectivity index (χ4n) is 3.20. The van der Waals surface area contributed by atoms with Gasteiger partial charge in [0, 0.05) is 37.0 Å². The highest BCUT2D eigenvalue weighted by atomic mass is 16.7. The molecule has 0 bridgehead atoms. The highest BCUT2D eigenvalue weighted by Crippen LogP contribution is 2.36. The molecule has 3 N–H and O–H groups in total. The minimum atomic E-state index is -1.37. The van der Waals surface area contributed by atoms with E-state index in [0.717, 1.165) is 5.46 Å². The predicted molar refractivity (Wildman–Crippen MR) is 104 cm³/mol. The van der Waals surface area contributed by atoms with Crippen molar-refractivity contribution < 1.29 is 24.3 Å². The van der Waals surface area contributed by atoms with Gasteiger partial charge in [0.15, 0.2) is 6.10 Å². The summed E-state index contributed by atoms with van der Waals surface area (Å²) in [5, 5.41) is 20.9. The molecule has 0 aliphatic carbocycles. The zero-order chi connectivity index (χ0) is 20.5. The Balaban J connectivity index is 1.55. The van der Waals surface area contributed by atoms with Gasteiger partial charge in [0.25, 0.3) is 5.91 Å². The minimum absolute atomic E-state index is 0.0334. The topological polar surface area (TPSA) is 117 Å². The van der Waals surface area contributed by atoms with Crippen LogP contribution in [0.25, 0.3) is 0 Å². The van der Waals surface area contributed by atoms with E-state index in [2.05, 4.69) is 20.2 Å². The lowest BCUT2D eigenvalue weighted by molar-refractivity contribution is -0.132. The summed E-state index contributed by atoms with van der Waals surface area (Å²) in [5.41, 5.74) is -0.0408. The number of aliphatic hydroxyl groups excluding tert-OH is 2. The summed E-state index contributed by atoms with van der Waals surface area (Å²) < 4.78 is 12.0. The third kappa shape index (κ3) is 4.30. The summed E-state index contributed by atoms with van der Waals surface area (Å²) in [5.74, 6) is 0.0874. The van der Waals surface area contributed by atoms with Crippen LogP contribution in [0.5, 0.6) is 0 Å². The third-order valence-corrected chi connectivity index (χ3v) is 5.78. The Bertz CT molecular complexity index is 676. The van der Waals surface area contributed by atoms with E-state index in [1.54, 1.807) is 12.4 Å². The number of nitrogens with one attached hydrogen (secondary N) is 1. The fraction of sp³-hybridized carbons (Fsp3) is 0.722. The predicted octanol–water partition coefficient (Wildman–Crippen LogP) is -0.786. The third-order valence-electron chi connectivity index (χ3n) is 5.78. The van der Waals surface area contributed by atoms with Gasteiger partial charge < -0.3 is 29.7 Å². The Labute approximate surface area is 165 Å². The van der Waals surface area contributed by atoms with Crippen molar-refractivity contribution in [1.82, 2.24) is 15.3 Å². The molecular weight excluding hydrogens is 363 g/mol. The van der Waals surface area contributed by atoms with E-state index >= 15 is 0 Å². The van der Waals surface area contributed by atoms with Crippen LogP contribution in [0.4, 0.5) is 5.95 Å². The van der Waals surface area contributed by atoms with Crippen LogP contribution in [0.3, 0.4) is 0 Å². The van der Waals surface area contributed by atoms with Crippen LogP contribution < -0.4 is 15.7 Å². The van der Waals surface area contributed by atoms with Crippen molar-refractivity contribution in [3.63, 3.8) is 0 Å². The van der Waals surface area contributed by atoms with Crippen LogP contribution in [-0.4, -0.2) is 76.3 Å².